The molecule has 0 amide bonds. The number of benzene rings is 1. The van der Waals surface area contributed by atoms with Crippen LogP contribution in [0.1, 0.15) is 18.6 Å². The second-order valence-electron chi connectivity index (χ2n) is 4.57. The van der Waals surface area contributed by atoms with Crippen LogP contribution in [-0.4, -0.2) is 44.2 Å². The van der Waals surface area contributed by atoms with E-state index in [-0.39, 0.29) is 5.82 Å². The second-order valence-corrected chi connectivity index (χ2v) is 4.57. The zero-order valence-corrected chi connectivity index (χ0v) is 10.9. The zero-order valence-electron chi connectivity index (χ0n) is 10.9. The normalized spacial score (nSPS) is 12.9. The Morgan fingerprint density at radius 1 is 1.24 bits per heavy atom. The average molecular weight is 240 g/mol. The molecule has 1 unspecified atom stereocenters. The molecule has 1 aromatic rings. The van der Waals surface area contributed by atoms with Gasteiger partial charge in [0.1, 0.15) is 5.82 Å². The van der Waals surface area contributed by atoms with Crippen molar-refractivity contribution in [2.45, 2.75) is 13.0 Å². The lowest BCUT2D eigenvalue weighted by molar-refractivity contribution is 0.194. The summed E-state index contributed by atoms with van der Waals surface area (Å²) >= 11 is 0. The van der Waals surface area contributed by atoms with E-state index in [0.29, 0.717) is 5.56 Å². The van der Waals surface area contributed by atoms with Crippen LogP contribution in [0.25, 0.3) is 0 Å². The topological polar surface area (TPSA) is 26.7 Å². The van der Waals surface area contributed by atoms with Crippen LogP contribution in [0.15, 0.2) is 18.2 Å². The summed E-state index contributed by atoms with van der Waals surface area (Å²) in [6.07, 6.45) is -0.798. The lowest BCUT2D eigenvalue weighted by Crippen LogP contribution is -2.29. The Labute approximate surface area is 102 Å². The van der Waals surface area contributed by atoms with Gasteiger partial charge in [-0.25, -0.2) is 4.39 Å². The molecule has 4 heteroatoms. The standard InChI is InChI=1S/C13H21FN2O/c1-10(17)13-11(14)6-5-7-12(13)16(4)9-8-15(2)3/h5-7,10,17H,8-9H2,1-4H3. The summed E-state index contributed by atoms with van der Waals surface area (Å²) in [5, 5.41) is 9.63. The molecule has 0 saturated carbocycles. The molecule has 0 aromatic heterocycles. The number of hydrogen-bond acceptors (Lipinski definition) is 3. The highest BCUT2D eigenvalue weighted by molar-refractivity contribution is 5.54. The van der Waals surface area contributed by atoms with E-state index in [0.717, 1.165) is 18.8 Å². The molecule has 17 heavy (non-hydrogen) atoms. The molecule has 1 aromatic carbocycles. The maximum absolute atomic E-state index is 13.7. The van der Waals surface area contributed by atoms with Crippen molar-refractivity contribution in [3.63, 3.8) is 0 Å². The Morgan fingerprint density at radius 3 is 2.41 bits per heavy atom. The molecule has 0 aliphatic heterocycles. The highest BCUT2D eigenvalue weighted by Crippen LogP contribution is 2.27. The number of halogens is 1. The Morgan fingerprint density at radius 2 is 1.88 bits per heavy atom. The summed E-state index contributed by atoms with van der Waals surface area (Å²) < 4.78 is 13.7. The van der Waals surface area contributed by atoms with Crippen LogP contribution >= 0.6 is 0 Å². The summed E-state index contributed by atoms with van der Waals surface area (Å²) in [7, 11) is 5.90. The van der Waals surface area contributed by atoms with Crippen LogP contribution in [0.4, 0.5) is 10.1 Å². The molecule has 1 atom stereocenters. The van der Waals surface area contributed by atoms with Crippen molar-refractivity contribution in [1.82, 2.24) is 4.90 Å². The number of nitrogens with zero attached hydrogens (tertiary/aromatic N) is 2. The van der Waals surface area contributed by atoms with E-state index < -0.39 is 6.10 Å². The van der Waals surface area contributed by atoms with Crippen LogP contribution in [0.3, 0.4) is 0 Å². The quantitative estimate of drug-likeness (QED) is 0.851. The smallest absolute Gasteiger partial charge is 0.131 e. The Balaban J connectivity index is 2.92. The van der Waals surface area contributed by atoms with Gasteiger partial charge in [0.2, 0.25) is 0 Å². The van der Waals surface area contributed by atoms with Gasteiger partial charge >= 0.3 is 0 Å². The zero-order chi connectivity index (χ0) is 13.0. The monoisotopic (exact) mass is 240 g/mol. The van der Waals surface area contributed by atoms with E-state index in [9.17, 15) is 9.50 Å². The molecule has 0 aliphatic rings. The average Bonchev–Trinajstić information content (AvgIpc) is 2.24. The number of hydrogen-bond donors (Lipinski definition) is 1. The molecular formula is C13H21FN2O. The van der Waals surface area contributed by atoms with E-state index in [1.165, 1.54) is 6.07 Å². The number of aliphatic hydroxyl groups is 1. The van der Waals surface area contributed by atoms with E-state index in [1.54, 1.807) is 13.0 Å². The van der Waals surface area contributed by atoms with Gasteiger partial charge < -0.3 is 14.9 Å². The van der Waals surface area contributed by atoms with Crippen molar-refractivity contribution in [3.8, 4) is 0 Å². The molecule has 0 bridgehead atoms. The van der Waals surface area contributed by atoms with Gasteiger partial charge in [0, 0.05) is 31.4 Å². The fourth-order valence-electron chi connectivity index (χ4n) is 1.74. The van der Waals surface area contributed by atoms with Gasteiger partial charge in [-0.1, -0.05) is 6.07 Å². The molecule has 0 fully saturated rings. The van der Waals surface area contributed by atoms with Gasteiger partial charge in [0.15, 0.2) is 0 Å². The largest absolute Gasteiger partial charge is 0.389 e. The molecule has 1 N–H and O–H groups in total. The first-order valence-electron chi connectivity index (χ1n) is 5.75. The molecule has 0 heterocycles. The Hall–Kier alpha value is -1.13. The molecule has 0 radical (unpaired) electrons. The fraction of sp³-hybridized carbons (Fsp3) is 0.538. The molecule has 0 spiro atoms. The van der Waals surface area contributed by atoms with Gasteiger partial charge in [0.25, 0.3) is 0 Å². The molecule has 1 rings (SSSR count). The second kappa shape index (κ2) is 5.98. The first-order chi connectivity index (χ1) is 7.93. The predicted octanol–water partition coefficient (Wildman–Crippen LogP) is 1.88. The molecular weight excluding hydrogens is 219 g/mol. The van der Waals surface area contributed by atoms with Crippen LogP contribution in [0.5, 0.6) is 0 Å². The minimum Gasteiger partial charge on any atom is -0.389 e. The van der Waals surface area contributed by atoms with Crippen LogP contribution in [0.2, 0.25) is 0 Å². The number of anilines is 1. The van der Waals surface area contributed by atoms with Crippen molar-refractivity contribution < 1.29 is 9.50 Å². The van der Waals surface area contributed by atoms with Gasteiger partial charge in [-0.05, 0) is 33.2 Å². The van der Waals surface area contributed by atoms with Crippen molar-refractivity contribution in [3.05, 3.63) is 29.6 Å². The Kier molecular flexibility index (Phi) is 4.90. The molecule has 96 valence electrons. The summed E-state index contributed by atoms with van der Waals surface area (Å²) in [4.78, 5) is 4.03. The van der Waals surface area contributed by atoms with E-state index >= 15 is 0 Å². The minimum atomic E-state index is -0.798. The van der Waals surface area contributed by atoms with Gasteiger partial charge in [-0.2, -0.15) is 0 Å². The van der Waals surface area contributed by atoms with E-state index in [4.69, 9.17) is 0 Å². The number of likely N-dealkylation sites (N-methyl/N-ethyl adjacent to an activating group) is 2. The van der Waals surface area contributed by atoms with E-state index in [1.807, 2.05) is 32.1 Å². The first kappa shape index (κ1) is 13.9. The van der Waals surface area contributed by atoms with Gasteiger partial charge in [-0.15, -0.1) is 0 Å². The summed E-state index contributed by atoms with van der Waals surface area (Å²) in [6.45, 7) is 3.25. The highest BCUT2D eigenvalue weighted by atomic mass is 19.1. The maximum Gasteiger partial charge on any atom is 0.131 e. The van der Waals surface area contributed by atoms with Crippen LogP contribution in [-0.2, 0) is 0 Å². The maximum atomic E-state index is 13.7. The van der Waals surface area contributed by atoms with Crippen molar-refractivity contribution in [2.24, 2.45) is 0 Å². The van der Waals surface area contributed by atoms with Crippen LogP contribution < -0.4 is 4.90 Å². The highest BCUT2D eigenvalue weighted by Gasteiger charge is 2.15. The predicted molar refractivity (Wildman–Crippen MR) is 68.9 cm³/mol. The summed E-state index contributed by atoms with van der Waals surface area (Å²) in [6, 6.07) is 4.88. The van der Waals surface area contributed by atoms with Crippen molar-refractivity contribution in [2.75, 3.05) is 39.1 Å². The number of aliphatic hydroxyl groups excluding tert-OH is 1. The summed E-state index contributed by atoms with van der Waals surface area (Å²) in [5.41, 5.74) is 1.12. The minimum absolute atomic E-state index is 0.353. The SMILES string of the molecule is CC(O)c1c(F)cccc1N(C)CCN(C)C. The lowest BCUT2D eigenvalue weighted by atomic mass is 10.1. The van der Waals surface area contributed by atoms with Crippen molar-refractivity contribution in [1.29, 1.82) is 0 Å². The third-order valence-corrected chi connectivity index (χ3v) is 2.74. The van der Waals surface area contributed by atoms with Gasteiger partial charge in [0.05, 0.1) is 6.10 Å². The first-order valence-corrected chi connectivity index (χ1v) is 5.75. The summed E-state index contributed by atoms with van der Waals surface area (Å²) in [5.74, 6) is -0.353. The molecule has 0 aliphatic carbocycles. The third-order valence-electron chi connectivity index (χ3n) is 2.74. The van der Waals surface area contributed by atoms with E-state index in [2.05, 4.69) is 4.90 Å². The third kappa shape index (κ3) is 3.68. The molecule has 3 nitrogen and oxygen atoms in total. The Bertz CT molecular complexity index is 366. The van der Waals surface area contributed by atoms with Crippen molar-refractivity contribution >= 4 is 5.69 Å². The van der Waals surface area contributed by atoms with Crippen LogP contribution in [0, 0.1) is 5.82 Å². The molecule has 0 saturated heterocycles. The fourth-order valence-corrected chi connectivity index (χ4v) is 1.74. The number of rotatable bonds is 5. The van der Waals surface area contributed by atoms with Gasteiger partial charge in [-0.3, -0.25) is 0 Å². The lowest BCUT2D eigenvalue weighted by Gasteiger charge is -2.25.